The van der Waals surface area contributed by atoms with E-state index in [1.54, 1.807) is 30.3 Å². The van der Waals surface area contributed by atoms with Gasteiger partial charge in [-0.15, -0.1) is 0 Å². The van der Waals surface area contributed by atoms with Crippen LogP contribution < -0.4 is 4.72 Å². The lowest BCUT2D eigenvalue weighted by Gasteiger charge is -2.20. The summed E-state index contributed by atoms with van der Waals surface area (Å²) >= 11 is 0. The molecule has 26 heavy (non-hydrogen) atoms. The third-order valence-electron chi connectivity index (χ3n) is 3.55. The van der Waals surface area contributed by atoms with Gasteiger partial charge in [0.25, 0.3) is 5.69 Å². The van der Waals surface area contributed by atoms with Crippen molar-refractivity contribution in [1.29, 1.82) is 0 Å². The van der Waals surface area contributed by atoms with E-state index in [2.05, 4.69) is 16.0 Å². The number of ether oxygens (including phenoxy) is 1. The molecule has 0 saturated heterocycles. The molecule has 2 aromatic rings. The molecule has 0 spiro atoms. The van der Waals surface area contributed by atoms with Gasteiger partial charge in [0.05, 0.1) is 23.6 Å². The average Bonchev–Trinajstić information content (AvgIpc) is 2.65. The number of nitrogens with zero attached hydrogens (tertiary/aromatic N) is 1. The number of carbonyl (C=O) groups excluding carboxylic acids is 1. The lowest BCUT2D eigenvalue weighted by Crippen LogP contribution is -2.32. The van der Waals surface area contributed by atoms with Crippen LogP contribution in [-0.4, -0.2) is 26.4 Å². The molecule has 0 saturated carbocycles. The van der Waals surface area contributed by atoms with Gasteiger partial charge in [0, 0.05) is 6.07 Å². The molecule has 0 bridgehead atoms. The maximum atomic E-state index is 12.7. The number of hydrogen-bond donors (Lipinski definition) is 1. The summed E-state index contributed by atoms with van der Waals surface area (Å²) in [6, 6.07) is 12.0. The van der Waals surface area contributed by atoms with Gasteiger partial charge >= 0.3 is 5.97 Å². The van der Waals surface area contributed by atoms with Gasteiger partial charge in [-0.05, 0) is 11.6 Å². The second-order valence-electron chi connectivity index (χ2n) is 5.21. The highest BCUT2D eigenvalue weighted by Gasteiger charge is 2.31. The van der Waals surface area contributed by atoms with E-state index < -0.39 is 37.5 Å². The number of esters is 1. The molecular formula is C17H16N2O6S. The number of hydrogen-bond acceptors (Lipinski definition) is 6. The lowest BCUT2D eigenvalue weighted by atomic mass is 10.0. The fourth-order valence-electron chi connectivity index (χ4n) is 2.29. The van der Waals surface area contributed by atoms with Gasteiger partial charge in [0.1, 0.15) is 0 Å². The Morgan fingerprint density at radius 1 is 1.15 bits per heavy atom. The van der Waals surface area contributed by atoms with Crippen molar-refractivity contribution < 1.29 is 22.9 Å². The van der Waals surface area contributed by atoms with Crippen molar-refractivity contribution in [3.8, 4) is 0 Å². The summed E-state index contributed by atoms with van der Waals surface area (Å²) in [5, 5.41) is 11.1. The molecule has 1 unspecified atom stereocenters. The number of carbonyl (C=O) groups is 1. The van der Waals surface area contributed by atoms with Crippen LogP contribution in [0, 0.1) is 10.1 Å². The summed E-state index contributed by atoms with van der Waals surface area (Å²) in [4.78, 5) is 21.7. The molecule has 1 atom stereocenters. The minimum atomic E-state index is -4.33. The van der Waals surface area contributed by atoms with Crippen LogP contribution in [0.15, 0.2) is 71.6 Å². The van der Waals surface area contributed by atoms with E-state index in [0.717, 1.165) is 19.2 Å². The zero-order chi connectivity index (χ0) is 19.3. The Kier molecular flexibility index (Phi) is 5.86. The van der Waals surface area contributed by atoms with E-state index in [-0.39, 0.29) is 5.57 Å². The third kappa shape index (κ3) is 4.13. The first kappa shape index (κ1) is 19.3. The first-order valence-corrected chi connectivity index (χ1v) is 8.84. The maximum Gasteiger partial charge on any atom is 0.335 e. The van der Waals surface area contributed by atoms with Crippen molar-refractivity contribution in [3.63, 3.8) is 0 Å². The van der Waals surface area contributed by atoms with Crippen LogP contribution in [0.3, 0.4) is 0 Å². The minimum Gasteiger partial charge on any atom is -0.466 e. The van der Waals surface area contributed by atoms with Crippen LogP contribution in [0.25, 0.3) is 0 Å². The number of para-hydroxylation sites is 1. The molecule has 8 nitrogen and oxygen atoms in total. The number of nitro benzene ring substituents is 1. The Bertz CT molecular complexity index is 941. The van der Waals surface area contributed by atoms with Crippen molar-refractivity contribution >= 4 is 21.7 Å². The van der Waals surface area contributed by atoms with Crippen molar-refractivity contribution in [2.75, 3.05) is 7.11 Å². The van der Waals surface area contributed by atoms with E-state index in [1.165, 1.54) is 12.1 Å². The van der Waals surface area contributed by atoms with Crippen molar-refractivity contribution in [3.05, 3.63) is 82.4 Å². The van der Waals surface area contributed by atoms with Gasteiger partial charge < -0.3 is 4.74 Å². The van der Waals surface area contributed by atoms with Gasteiger partial charge in [-0.3, -0.25) is 10.1 Å². The van der Waals surface area contributed by atoms with Crippen LogP contribution in [0.1, 0.15) is 11.6 Å². The smallest absolute Gasteiger partial charge is 0.335 e. The van der Waals surface area contributed by atoms with Gasteiger partial charge in [-0.25, -0.2) is 13.2 Å². The highest BCUT2D eigenvalue weighted by atomic mass is 32.2. The van der Waals surface area contributed by atoms with Crippen molar-refractivity contribution in [2.24, 2.45) is 0 Å². The number of sulfonamides is 1. The van der Waals surface area contributed by atoms with E-state index in [0.29, 0.717) is 5.56 Å². The Balaban J connectivity index is 2.50. The SMILES string of the molecule is C=C(C(=O)OC)C(NS(=O)(=O)c1ccccc1[N+](=O)[O-])c1ccccc1. The summed E-state index contributed by atoms with van der Waals surface area (Å²) in [5.41, 5.74) is -0.290. The number of nitro groups is 1. The first-order valence-electron chi connectivity index (χ1n) is 7.35. The number of rotatable bonds is 7. The Labute approximate surface area is 150 Å². The summed E-state index contributed by atoms with van der Waals surface area (Å²) in [7, 11) is -3.19. The van der Waals surface area contributed by atoms with Crippen LogP contribution >= 0.6 is 0 Å². The van der Waals surface area contributed by atoms with Gasteiger partial charge in [-0.1, -0.05) is 49.0 Å². The van der Waals surface area contributed by atoms with Crippen LogP contribution in [0.5, 0.6) is 0 Å². The largest absolute Gasteiger partial charge is 0.466 e. The van der Waals surface area contributed by atoms with Crippen LogP contribution in [0.4, 0.5) is 5.69 Å². The summed E-state index contributed by atoms with van der Waals surface area (Å²) in [6.07, 6.45) is 0. The second-order valence-corrected chi connectivity index (χ2v) is 6.89. The Morgan fingerprint density at radius 3 is 2.31 bits per heavy atom. The minimum absolute atomic E-state index is 0.152. The molecule has 2 aromatic carbocycles. The molecule has 9 heteroatoms. The number of benzene rings is 2. The molecule has 2 rings (SSSR count). The molecule has 0 radical (unpaired) electrons. The molecule has 0 aliphatic heterocycles. The molecular weight excluding hydrogens is 360 g/mol. The fourth-order valence-corrected chi connectivity index (χ4v) is 3.68. The van der Waals surface area contributed by atoms with Crippen LogP contribution in [-0.2, 0) is 19.6 Å². The average molecular weight is 376 g/mol. The molecule has 0 aliphatic rings. The monoisotopic (exact) mass is 376 g/mol. The van der Waals surface area contributed by atoms with Gasteiger partial charge in [0.2, 0.25) is 10.0 Å². The Hall–Kier alpha value is -3.04. The predicted octanol–water partition coefficient (Wildman–Crippen LogP) is 2.34. The zero-order valence-electron chi connectivity index (χ0n) is 13.8. The van der Waals surface area contributed by atoms with E-state index in [4.69, 9.17) is 0 Å². The zero-order valence-corrected chi connectivity index (χ0v) is 14.6. The molecule has 0 aromatic heterocycles. The van der Waals surface area contributed by atoms with Crippen LogP contribution in [0.2, 0.25) is 0 Å². The van der Waals surface area contributed by atoms with Gasteiger partial charge in [0.15, 0.2) is 4.90 Å². The van der Waals surface area contributed by atoms with E-state index >= 15 is 0 Å². The topological polar surface area (TPSA) is 116 Å². The van der Waals surface area contributed by atoms with Crippen molar-refractivity contribution in [2.45, 2.75) is 10.9 Å². The summed E-state index contributed by atoms with van der Waals surface area (Å²) < 4.78 is 32.4. The number of nitrogens with one attached hydrogen (secondary N) is 1. The molecule has 0 heterocycles. The molecule has 1 N–H and O–H groups in total. The number of methoxy groups -OCH3 is 1. The normalized spacial score (nSPS) is 12.2. The highest BCUT2D eigenvalue weighted by Crippen LogP contribution is 2.28. The summed E-state index contributed by atoms with van der Waals surface area (Å²) in [6.45, 7) is 3.60. The highest BCUT2D eigenvalue weighted by molar-refractivity contribution is 7.89. The molecule has 0 fully saturated rings. The Morgan fingerprint density at radius 2 is 1.73 bits per heavy atom. The quantitative estimate of drug-likeness (QED) is 0.343. The standard InChI is InChI=1S/C17H16N2O6S/c1-12(17(20)25-2)16(13-8-4-3-5-9-13)18-26(23,24)15-11-7-6-10-14(15)19(21)22/h3-11,16,18H,1H2,2H3. The van der Waals surface area contributed by atoms with E-state index in [1.807, 2.05) is 0 Å². The summed E-state index contributed by atoms with van der Waals surface area (Å²) in [5.74, 6) is -0.802. The first-order chi connectivity index (χ1) is 12.3. The van der Waals surface area contributed by atoms with Crippen molar-refractivity contribution in [1.82, 2.24) is 4.72 Å². The second kappa shape index (κ2) is 7.89. The molecule has 0 amide bonds. The fraction of sp³-hybridized carbons (Fsp3) is 0.118. The maximum absolute atomic E-state index is 12.7. The van der Waals surface area contributed by atoms with Gasteiger partial charge in [-0.2, -0.15) is 4.72 Å². The molecule has 136 valence electrons. The predicted molar refractivity (Wildman–Crippen MR) is 93.8 cm³/mol. The molecule has 0 aliphatic carbocycles. The van der Waals surface area contributed by atoms with E-state index in [9.17, 15) is 23.3 Å². The third-order valence-corrected chi connectivity index (χ3v) is 5.02. The lowest BCUT2D eigenvalue weighted by molar-refractivity contribution is -0.387.